The number of hydrogen-bond donors (Lipinski definition) is 16. The van der Waals surface area contributed by atoms with E-state index < -0.39 is 122 Å². The number of rotatable bonds is 13. The minimum absolute atomic E-state index is 0.0313. The highest BCUT2D eigenvalue weighted by Crippen LogP contribution is 2.40. The Bertz CT molecular complexity index is 1110. The Morgan fingerprint density at radius 2 is 1.54 bits per heavy atom. The topological polar surface area (TPSA) is 408 Å². The maximum atomic E-state index is 13.2. The predicted octanol–water partition coefficient (Wildman–Crippen LogP) is -10.4. The van der Waals surface area contributed by atoms with E-state index in [4.69, 9.17) is 58.5 Å². The number of hydrogen-bond acceptors (Lipinski definition) is 19. The third kappa shape index (κ3) is 8.33. The van der Waals surface area contributed by atoms with E-state index in [0.717, 1.165) is 0 Å². The summed E-state index contributed by atoms with van der Waals surface area (Å²) in [4.78, 5) is 17.0. The smallest absolute Gasteiger partial charge is 0.254 e. The Morgan fingerprint density at radius 3 is 2.17 bits per heavy atom. The number of nitrogens with one attached hydrogen (secondary N) is 2. The van der Waals surface area contributed by atoms with Gasteiger partial charge in [0.2, 0.25) is 0 Å². The summed E-state index contributed by atoms with van der Waals surface area (Å²) in [6, 6.07) is -6.42. The number of aliphatic hydroxyl groups excluding tert-OH is 7. The molecule has 18 atom stereocenters. The zero-order valence-corrected chi connectivity index (χ0v) is 26.1. The van der Waals surface area contributed by atoms with Crippen LogP contribution in [0.25, 0.3) is 0 Å². The summed E-state index contributed by atoms with van der Waals surface area (Å²) in [5.74, 6) is -1.25. The van der Waals surface area contributed by atoms with Crippen molar-refractivity contribution in [2.45, 2.75) is 122 Å². The summed E-state index contributed by atoms with van der Waals surface area (Å²) in [6.45, 7) is -0.868. The highest BCUT2D eigenvalue weighted by atomic mass is 16.7. The molecule has 2 saturated heterocycles. The fourth-order valence-corrected chi connectivity index (χ4v) is 6.10. The lowest BCUT2D eigenvalue weighted by molar-refractivity contribution is -0.320. The standard InChI is InChI=1S/C26H51N9O13/c27-7(5-36)3-33-4-10-16(39)17(40)14(30)22(45-10)47-20-8(28)1-9(34-24(43)26(44)2-12(26)35-25(31)32)21(19(20)42)48-23-18(41)13(29)15(38)11(6-37)46-23/h7-23,33,36-42,44H,1-6,27-30H2,(H,34,43)(H4,31,32,35)/t7?,8-,9+,10+,11+,12?,13-,14+,15+,16+,17+,18+,19-,20?,21-,22+,23+,26?/m0/s1. The van der Waals surface area contributed by atoms with Gasteiger partial charge >= 0.3 is 0 Å². The zero-order valence-electron chi connectivity index (χ0n) is 26.1. The summed E-state index contributed by atoms with van der Waals surface area (Å²) >= 11 is 0. The Hall–Kier alpha value is -1.94. The summed E-state index contributed by atoms with van der Waals surface area (Å²) in [7, 11) is 0. The molecule has 2 aliphatic carbocycles. The second kappa shape index (κ2) is 15.9. The minimum atomic E-state index is -1.98. The number of nitrogens with zero attached hydrogens (tertiary/aromatic N) is 1. The third-order valence-electron chi connectivity index (χ3n) is 9.18. The van der Waals surface area contributed by atoms with Gasteiger partial charge in [0.15, 0.2) is 24.1 Å². The first-order chi connectivity index (χ1) is 22.5. The van der Waals surface area contributed by atoms with E-state index >= 15 is 0 Å². The minimum Gasteiger partial charge on any atom is -0.395 e. The van der Waals surface area contributed by atoms with Crippen LogP contribution in [0.3, 0.4) is 0 Å². The lowest BCUT2D eigenvalue weighted by Gasteiger charge is -2.49. The van der Waals surface area contributed by atoms with Crippen LogP contribution in [0.4, 0.5) is 0 Å². The lowest BCUT2D eigenvalue weighted by atomic mass is 9.83. The van der Waals surface area contributed by atoms with Gasteiger partial charge in [0.05, 0.1) is 37.4 Å². The van der Waals surface area contributed by atoms with E-state index in [-0.39, 0.29) is 38.5 Å². The van der Waals surface area contributed by atoms with Crippen LogP contribution < -0.4 is 45.0 Å². The van der Waals surface area contributed by atoms with Gasteiger partial charge in [-0.05, 0) is 6.42 Å². The quantitative estimate of drug-likeness (QED) is 0.0627. The van der Waals surface area contributed by atoms with Crippen molar-refractivity contribution in [3.8, 4) is 0 Å². The monoisotopic (exact) mass is 697 g/mol. The SMILES string of the molecule is NC(N)=NC1CC1(O)C(=O)N[C@@H]1C[C@H](N)C(O[C@H]2O[C@H](CNCC(N)CO)[C@@H](O)[C@H](O)[C@H]2N)[C@H](O)[C@H]1O[C@H]1O[C@H](CO)[C@@H](O)[C@H](N)[C@H]1O. The molecule has 22 heteroatoms. The molecule has 4 aliphatic rings. The van der Waals surface area contributed by atoms with Gasteiger partial charge in [-0.15, -0.1) is 0 Å². The van der Waals surface area contributed by atoms with Crippen LogP contribution in [-0.2, 0) is 23.7 Å². The molecule has 0 bridgehead atoms. The second-order valence-corrected chi connectivity index (χ2v) is 12.9. The van der Waals surface area contributed by atoms with Crippen LogP contribution in [-0.4, -0.2) is 188 Å². The summed E-state index contributed by atoms with van der Waals surface area (Å²) in [6.07, 6.45) is -16.4. The first-order valence-corrected chi connectivity index (χ1v) is 15.6. The molecule has 4 unspecified atom stereocenters. The fourth-order valence-electron chi connectivity index (χ4n) is 6.10. The van der Waals surface area contributed by atoms with Gasteiger partial charge in [0, 0.05) is 31.6 Å². The average Bonchev–Trinajstić information content (AvgIpc) is 3.70. The third-order valence-corrected chi connectivity index (χ3v) is 9.18. The van der Waals surface area contributed by atoms with Gasteiger partial charge in [0.25, 0.3) is 5.91 Å². The number of nitrogens with two attached hydrogens (primary N) is 6. The fraction of sp³-hybridized carbons (Fsp3) is 0.923. The van der Waals surface area contributed by atoms with Gasteiger partial charge in [-0.1, -0.05) is 0 Å². The van der Waals surface area contributed by atoms with Crippen molar-refractivity contribution < 1.29 is 64.6 Å². The predicted molar refractivity (Wildman–Crippen MR) is 162 cm³/mol. The number of ether oxygens (including phenoxy) is 4. The molecule has 4 fully saturated rings. The van der Waals surface area contributed by atoms with E-state index in [0.29, 0.717) is 0 Å². The molecule has 0 aromatic heterocycles. The molecule has 0 spiro atoms. The molecule has 22 nitrogen and oxygen atoms in total. The maximum absolute atomic E-state index is 13.2. The molecule has 1 amide bonds. The van der Waals surface area contributed by atoms with Crippen molar-refractivity contribution in [2.75, 3.05) is 26.3 Å². The Morgan fingerprint density at radius 1 is 0.896 bits per heavy atom. The van der Waals surface area contributed by atoms with Gasteiger partial charge in [-0.25, -0.2) is 4.99 Å². The number of carbonyl (C=O) groups excluding carboxylic acids is 1. The zero-order chi connectivity index (χ0) is 35.7. The number of carbonyl (C=O) groups is 1. The average molecular weight is 698 g/mol. The number of aliphatic hydroxyl groups is 8. The molecule has 0 aromatic rings. The van der Waals surface area contributed by atoms with Gasteiger partial charge < -0.3 is 105 Å². The normalized spacial score (nSPS) is 46.8. The largest absolute Gasteiger partial charge is 0.395 e. The van der Waals surface area contributed by atoms with E-state index in [9.17, 15) is 40.5 Å². The number of amides is 1. The van der Waals surface area contributed by atoms with Crippen LogP contribution in [0.15, 0.2) is 4.99 Å². The number of guanidine groups is 1. The maximum Gasteiger partial charge on any atom is 0.254 e. The summed E-state index contributed by atoms with van der Waals surface area (Å²) in [5, 5.41) is 89.0. The first-order valence-electron chi connectivity index (χ1n) is 15.6. The molecule has 0 radical (unpaired) electrons. The van der Waals surface area contributed by atoms with Crippen LogP contribution in [0.1, 0.15) is 12.8 Å². The Labute approximate surface area is 275 Å². The summed E-state index contributed by atoms with van der Waals surface area (Å²) < 4.78 is 23.3. The van der Waals surface area contributed by atoms with E-state index in [1.54, 1.807) is 0 Å². The molecule has 278 valence electrons. The van der Waals surface area contributed by atoms with E-state index in [1.165, 1.54) is 0 Å². The van der Waals surface area contributed by atoms with Crippen molar-refractivity contribution in [1.29, 1.82) is 0 Å². The van der Waals surface area contributed by atoms with Crippen molar-refractivity contribution in [3.63, 3.8) is 0 Å². The van der Waals surface area contributed by atoms with Crippen molar-refractivity contribution in [3.05, 3.63) is 0 Å². The van der Waals surface area contributed by atoms with Crippen molar-refractivity contribution in [2.24, 2.45) is 39.4 Å². The molecule has 48 heavy (non-hydrogen) atoms. The van der Waals surface area contributed by atoms with Gasteiger partial charge in [0.1, 0.15) is 54.9 Å². The molecule has 2 saturated carbocycles. The molecule has 4 rings (SSSR count). The molecular weight excluding hydrogens is 646 g/mol. The van der Waals surface area contributed by atoms with E-state index in [1.807, 2.05) is 0 Å². The van der Waals surface area contributed by atoms with Crippen LogP contribution in [0, 0.1) is 0 Å². The second-order valence-electron chi connectivity index (χ2n) is 12.9. The number of aliphatic imine (C=N–C) groups is 1. The molecule has 0 aromatic carbocycles. The summed E-state index contributed by atoms with van der Waals surface area (Å²) in [5.41, 5.74) is 32.9. The Kier molecular flexibility index (Phi) is 12.9. The van der Waals surface area contributed by atoms with Crippen molar-refractivity contribution in [1.82, 2.24) is 10.6 Å². The van der Waals surface area contributed by atoms with Crippen LogP contribution in [0.2, 0.25) is 0 Å². The molecule has 22 N–H and O–H groups in total. The van der Waals surface area contributed by atoms with Crippen molar-refractivity contribution >= 4 is 11.9 Å². The molecule has 2 heterocycles. The highest BCUT2D eigenvalue weighted by molar-refractivity contribution is 5.90. The molecular formula is C26H51N9O13. The Balaban J connectivity index is 1.54. The highest BCUT2D eigenvalue weighted by Gasteiger charge is 2.61. The first kappa shape index (κ1) is 38.9. The van der Waals surface area contributed by atoms with E-state index in [2.05, 4.69) is 15.6 Å². The van der Waals surface area contributed by atoms with Crippen LogP contribution >= 0.6 is 0 Å². The van der Waals surface area contributed by atoms with Gasteiger partial charge in [-0.2, -0.15) is 0 Å². The molecule has 2 aliphatic heterocycles. The van der Waals surface area contributed by atoms with Gasteiger partial charge in [-0.3, -0.25) is 4.79 Å². The lowest BCUT2D eigenvalue weighted by Crippen LogP contribution is -2.70. The van der Waals surface area contributed by atoms with Crippen LogP contribution in [0.5, 0.6) is 0 Å².